The topological polar surface area (TPSA) is 29.3 Å². The van der Waals surface area contributed by atoms with E-state index in [4.69, 9.17) is 5.73 Å². The average Bonchev–Trinajstić information content (AvgIpc) is 2.49. The Balaban J connectivity index is 2.59. The van der Waals surface area contributed by atoms with E-state index in [2.05, 4.69) is 56.9 Å². The number of benzene rings is 1. The molecule has 0 spiro atoms. The molecule has 0 amide bonds. The number of hydrogen-bond acceptors (Lipinski definition) is 2. The van der Waals surface area contributed by atoms with Gasteiger partial charge in [0.05, 0.1) is 0 Å². The first-order chi connectivity index (χ1) is 10.1. The van der Waals surface area contributed by atoms with E-state index in [1.165, 1.54) is 49.9 Å². The summed E-state index contributed by atoms with van der Waals surface area (Å²) in [6.07, 6.45) is 5.04. The Labute approximate surface area is 131 Å². The Morgan fingerprint density at radius 3 is 1.81 bits per heavy atom. The van der Waals surface area contributed by atoms with Crippen LogP contribution in [0.5, 0.6) is 0 Å². The van der Waals surface area contributed by atoms with Crippen molar-refractivity contribution in [3.05, 3.63) is 35.4 Å². The first-order valence-electron chi connectivity index (χ1n) is 8.66. The van der Waals surface area contributed by atoms with E-state index in [9.17, 15) is 0 Å². The molecule has 0 saturated carbocycles. The van der Waals surface area contributed by atoms with Gasteiger partial charge in [0.15, 0.2) is 0 Å². The molecular weight excluding hydrogens is 256 g/mol. The molecule has 0 heterocycles. The van der Waals surface area contributed by atoms with Gasteiger partial charge in [-0.15, -0.1) is 0 Å². The molecule has 0 aromatic heterocycles. The zero-order valence-electron chi connectivity index (χ0n) is 14.4. The quantitative estimate of drug-likeness (QED) is 0.676. The van der Waals surface area contributed by atoms with Crippen LogP contribution in [0.2, 0.25) is 0 Å². The van der Waals surface area contributed by atoms with Gasteiger partial charge in [-0.25, -0.2) is 0 Å². The van der Waals surface area contributed by atoms with E-state index in [1.54, 1.807) is 0 Å². The second-order valence-electron chi connectivity index (χ2n) is 6.44. The lowest BCUT2D eigenvalue weighted by Crippen LogP contribution is -2.33. The summed E-state index contributed by atoms with van der Waals surface area (Å²) < 4.78 is 0. The standard InChI is InChI=1S/C19H34N2/c1-5-7-13-21(14-8-6-2)15-19(20)18-11-9-17(10-12-18)16(3)4/h9-12,16,19H,5-8,13-15,20H2,1-4H3. The molecule has 21 heavy (non-hydrogen) atoms. The molecule has 1 aromatic rings. The predicted octanol–water partition coefficient (Wildman–Crippen LogP) is 4.71. The smallest absolute Gasteiger partial charge is 0.0424 e. The zero-order valence-corrected chi connectivity index (χ0v) is 14.4. The summed E-state index contributed by atoms with van der Waals surface area (Å²) in [5, 5.41) is 0. The van der Waals surface area contributed by atoms with Gasteiger partial charge in [0, 0.05) is 12.6 Å². The molecule has 0 aliphatic heterocycles. The van der Waals surface area contributed by atoms with Gasteiger partial charge in [-0.3, -0.25) is 0 Å². The summed E-state index contributed by atoms with van der Waals surface area (Å²) in [5.74, 6) is 0.584. The molecule has 0 fully saturated rings. The van der Waals surface area contributed by atoms with Crippen molar-refractivity contribution in [3.8, 4) is 0 Å². The lowest BCUT2D eigenvalue weighted by molar-refractivity contribution is 0.250. The number of unbranched alkanes of at least 4 members (excludes halogenated alkanes) is 2. The van der Waals surface area contributed by atoms with Gasteiger partial charge in [-0.05, 0) is 43.0 Å². The van der Waals surface area contributed by atoms with Crippen LogP contribution in [0.4, 0.5) is 0 Å². The van der Waals surface area contributed by atoms with Crippen molar-refractivity contribution < 1.29 is 0 Å². The Morgan fingerprint density at radius 1 is 0.905 bits per heavy atom. The van der Waals surface area contributed by atoms with Gasteiger partial charge in [-0.1, -0.05) is 64.8 Å². The highest BCUT2D eigenvalue weighted by Gasteiger charge is 2.12. The van der Waals surface area contributed by atoms with Crippen LogP contribution < -0.4 is 5.73 Å². The molecule has 2 heteroatoms. The number of hydrogen-bond donors (Lipinski definition) is 1. The third kappa shape index (κ3) is 6.62. The minimum atomic E-state index is 0.125. The number of nitrogens with zero attached hydrogens (tertiary/aromatic N) is 1. The highest BCUT2D eigenvalue weighted by molar-refractivity contribution is 5.26. The van der Waals surface area contributed by atoms with Crippen LogP contribution in [-0.2, 0) is 0 Å². The zero-order chi connectivity index (χ0) is 15.7. The van der Waals surface area contributed by atoms with Crippen LogP contribution in [0.3, 0.4) is 0 Å². The first-order valence-corrected chi connectivity index (χ1v) is 8.66. The summed E-state index contributed by atoms with van der Waals surface area (Å²) >= 11 is 0. The van der Waals surface area contributed by atoms with Crippen LogP contribution in [0, 0.1) is 0 Å². The maximum absolute atomic E-state index is 6.42. The fraction of sp³-hybridized carbons (Fsp3) is 0.684. The summed E-state index contributed by atoms with van der Waals surface area (Å²) in [5.41, 5.74) is 9.07. The lowest BCUT2D eigenvalue weighted by Gasteiger charge is -2.26. The Hall–Kier alpha value is -0.860. The van der Waals surface area contributed by atoms with Crippen molar-refractivity contribution in [1.82, 2.24) is 4.90 Å². The highest BCUT2D eigenvalue weighted by Crippen LogP contribution is 2.18. The fourth-order valence-corrected chi connectivity index (χ4v) is 2.57. The molecule has 0 aliphatic carbocycles. The third-order valence-electron chi connectivity index (χ3n) is 4.14. The van der Waals surface area contributed by atoms with Gasteiger partial charge in [-0.2, -0.15) is 0 Å². The molecule has 1 rings (SSSR count). The van der Waals surface area contributed by atoms with Crippen molar-refractivity contribution >= 4 is 0 Å². The second kappa shape index (κ2) is 9.97. The largest absolute Gasteiger partial charge is 0.323 e. The fourth-order valence-electron chi connectivity index (χ4n) is 2.57. The predicted molar refractivity (Wildman–Crippen MR) is 93.7 cm³/mol. The van der Waals surface area contributed by atoms with Gasteiger partial charge in [0.2, 0.25) is 0 Å². The van der Waals surface area contributed by atoms with E-state index < -0.39 is 0 Å². The second-order valence-corrected chi connectivity index (χ2v) is 6.44. The normalized spacial score (nSPS) is 13.1. The van der Waals surface area contributed by atoms with Gasteiger partial charge >= 0.3 is 0 Å². The minimum absolute atomic E-state index is 0.125. The molecule has 2 N–H and O–H groups in total. The number of rotatable bonds is 10. The van der Waals surface area contributed by atoms with Crippen LogP contribution in [0.25, 0.3) is 0 Å². The third-order valence-corrected chi connectivity index (χ3v) is 4.14. The Kier molecular flexibility index (Phi) is 8.63. The summed E-state index contributed by atoms with van der Waals surface area (Å²) in [6.45, 7) is 12.3. The van der Waals surface area contributed by atoms with Crippen molar-refractivity contribution in [2.45, 2.75) is 65.3 Å². The molecule has 0 saturated heterocycles. The molecule has 0 bridgehead atoms. The Morgan fingerprint density at radius 2 is 1.38 bits per heavy atom. The maximum Gasteiger partial charge on any atom is 0.0424 e. The van der Waals surface area contributed by atoms with Crippen molar-refractivity contribution in [2.75, 3.05) is 19.6 Å². The van der Waals surface area contributed by atoms with E-state index in [-0.39, 0.29) is 6.04 Å². The van der Waals surface area contributed by atoms with Crippen molar-refractivity contribution in [2.24, 2.45) is 5.73 Å². The van der Waals surface area contributed by atoms with Gasteiger partial charge in [0.1, 0.15) is 0 Å². The van der Waals surface area contributed by atoms with Gasteiger partial charge < -0.3 is 10.6 Å². The molecule has 1 aromatic carbocycles. The molecular formula is C19H34N2. The van der Waals surface area contributed by atoms with Crippen LogP contribution in [0.1, 0.15) is 76.5 Å². The average molecular weight is 290 g/mol. The molecule has 0 radical (unpaired) electrons. The lowest BCUT2D eigenvalue weighted by atomic mass is 9.99. The van der Waals surface area contributed by atoms with Crippen LogP contribution in [-0.4, -0.2) is 24.5 Å². The highest BCUT2D eigenvalue weighted by atomic mass is 15.1. The van der Waals surface area contributed by atoms with Crippen LogP contribution in [0.15, 0.2) is 24.3 Å². The SMILES string of the molecule is CCCCN(CCCC)CC(N)c1ccc(C(C)C)cc1. The van der Waals surface area contributed by atoms with Crippen molar-refractivity contribution in [1.29, 1.82) is 0 Å². The van der Waals surface area contributed by atoms with Crippen LogP contribution >= 0.6 is 0 Å². The van der Waals surface area contributed by atoms with E-state index in [0.29, 0.717) is 5.92 Å². The van der Waals surface area contributed by atoms with Crippen molar-refractivity contribution in [3.63, 3.8) is 0 Å². The van der Waals surface area contributed by atoms with E-state index in [1.807, 2.05) is 0 Å². The van der Waals surface area contributed by atoms with E-state index >= 15 is 0 Å². The molecule has 120 valence electrons. The Bertz CT molecular complexity index is 362. The van der Waals surface area contributed by atoms with E-state index in [0.717, 1.165) is 6.54 Å². The summed E-state index contributed by atoms with van der Waals surface area (Å²) in [6, 6.07) is 8.99. The monoisotopic (exact) mass is 290 g/mol. The molecule has 1 unspecified atom stereocenters. The maximum atomic E-state index is 6.42. The summed E-state index contributed by atoms with van der Waals surface area (Å²) in [4.78, 5) is 2.54. The summed E-state index contributed by atoms with van der Waals surface area (Å²) in [7, 11) is 0. The molecule has 1 atom stereocenters. The number of nitrogens with two attached hydrogens (primary N) is 1. The van der Waals surface area contributed by atoms with Gasteiger partial charge in [0.25, 0.3) is 0 Å². The molecule has 2 nitrogen and oxygen atoms in total. The first kappa shape index (κ1) is 18.2. The minimum Gasteiger partial charge on any atom is -0.323 e. The molecule has 0 aliphatic rings.